The van der Waals surface area contributed by atoms with Crippen LogP contribution in [0, 0.1) is 10.1 Å². The molecule has 1 saturated heterocycles. The fourth-order valence-corrected chi connectivity index (χ4v) is 2.84. The summed E-state index contributed by atoms with van der Waals surface area (Å²) in [7, 11) is 3.64. The van der Waals surface area contributed by atoms with Gasteiger partial charge in [0.25, 0.3) is 11.6 Å². The Hall–Kier alpha value is -3.14. The number of amides is 1. The minimum Gasteiger partial charge on any atom is -0.382 e. The topological polar surface area (TPSA) is 123 Å². The van der Waals surface area contributed by atoms with Crippen LogP contribution in [0.3, 0.4) is 0 Å². The second-order valence-corrected chi connectivity index (χ2v) is 6.30. The van der Waals surface area contributed by atoms with E-state index in [1.165, 1.54) is 16.8 Å². The number of aromatic nitrogens is 2. The molecule has 3 rings (SSSR count). The number of aryl methyl sites for hydroxylation is 1. The fraction of sp³-hybridized carbons (Fsp3) is 0.375. The molecule has 0 aliphatic carbocycles. The monoisotopic (exact) mass is 359 g/mol. The molecule has 0 bridgehead atoms. The summed E-state index contributed by atoms with van der Waals surface area (Å²) in [5.41, 5.74) is 6.39. The molecule has 1 aliphatic heterocycles. The second kappa shape index (κ2) is 7.00. The van der Waals surface area contributed by atoms with Crippen LogP contribution in [0.2, 0.25) is 0 Å². The lowest BCUT2D eigenvalue weighted by Crippen LogP contribution is -2.44. The lowest BCUT2D eigenvalue weighted by atomic mass is 10.3. The number of nitrogens with one attached hydrogen (secondary N) is 1. The normalized spacial score (nSPS) is 15.1. The van der Waals surface area contributed by atoms with Crippen molar-refractivity contribution < 1.29 is 9.72 Å². The molecule has 138 valence electrons. The van der Waals surface area contributed by atoms with Crippen LogP contribution in [0.15, 0.2) is 24.4 Å². The van der Waals surface area contributed by atoms with Gasteiger partial charge in [-0.25, -0.2) is 4.98 Å². The van der Waals surface area contributed by atoms with Crippen LogP contribution in [-0.4, -0.2) is 58.5 Å². The van der Waals surface area contributed by atoms with Crippen LogP contribution >= 0.6 is 0 Å². The van der Waals surface area contributed by atoms with Gasteiger partial charge in [-0.1, -0.05) is 0 Å². The molecule has 0 radical (unpaired) electrons. The maximum atomic E-state index is 12.4. The Morgan fingerprint density at radius 3 is 2.54 bits per heavy atom. The largest absolute Gasteiger partial charge is 0.382 e. The quantitative estimate of drug-likeness (QED) is 0.614. The molecule has 1 amide bonds. The van der Waals surface area contributed by atoms with E-state index >= 15 is 0 Å². The van der Waals surface area contributed by atoms with Crippen LogP contribution in [0.1, 0.15) is 10.5 Å². The second-order valence-electron chi connectivity index (χ2n) is 6.30. The molecule has 0 atom stereocenters. The van der Waals surface area contributed by atoms with Gasteiger partial charge in [0.15, 0.2) is 0 Å². The van der Waals surface area contributed by atoms with Gasteiger partial charge in [0.05, 0.1) is 16.8 Å². The number of carbonyl (C=O) groups excluding carboxylic acids is 1. The lowest BCUT2D eigenvalue weighted by Gasteiger charge is -2.33. The highest BCUT2D eigenvalue weighted by Gasteiger charge is 2.20. The van der Waals surface area contributed by atoms with Crippen molar-refractivity contribution in [2.45, 2.75) is 0 Å². The van der Waals surface area contributed by atoms with E-state index in [0.717, 1.165) is 32.0 Å². The van der Waals surface area contributed by atoms with Crippen molar-refractivity contribution in [3.05, 3.63) is 40.2 Å². The third-order valence-corrected chi connectivity index (χ3v) is 4.42. The lowest BCUT2D eigenvalue weighted by molar-refractivity contribution is -0.384. The Morgan fingerprint density at radius 1 is 1.27 bits per heavy atom. The first-order chi connectivity index (χ1) is 12.3. The Labute approximate surface area is 150 Å². The molecule has 2 aromatic rings. The van der Waals surface area contributed by atoms with Crippen LogP contribution in [0.4, 0.5) is 23.0 Å². The molecule has 10 heteroatoms. The molecule has 1 fully saturated rings. The zero-order valence-corrected chi connectivity index (χ0v) is 14.7. The maximum Gasteiger partial charge on any atom is 0.287 e. The van der Waals surface area contributed by atoms with E-state index in [1.54, 1.807) is 13.1 Å². The van der Waals surface area contributed by atoms with Crippen molar-refractivity contribution in [1.82, 2.24) is 14.5 Å². The summed E-state index contributed by atoms with van der Waals surface area (Å²) >= 11 is 0. The van der Waals surface area contributed by atoms with E-state index in [2.05, 4.69) is 27.1 Å². The molecule has 2 aromatic heterocycles. The molecule has 3 N–H and O–H groups in total. The van der Waals surface area contributed by atoms with E-state index in [-0.39, 0.29) is 17.2 Å². The summed E-state index contributed by atoms with van der Waals surface area (Å²) in [5, 5.41) is 13.5. The Kier molecular flexibility index (Phi) is 4.76. The van der Waals surface area contributed by atoms with Crippen LogP contribution in [0.25, 0.3) is 0 Å². The summed E-state index contributed by atoms with van der Waals surface area (Å²) < 4.78 is 1.40. The number of hydrogen-bond acceptors (Lipinski definition) is 7. The van der Waals surface area contributed by atoms with Crippen molar-refractivity contribution in [3.63, 3.8) is 0 Å². The molecule has 0 unspecified atom stereocenters. The van der Waals surface area contributed by atoms with Crippen LogP contribution in [-0.2, 0) is 7.05 Å². The number of rotatable bonds is 4. The molecule has 1 aliphatic rings. The number of likely N-dealkylation sites (N-methyl/N-ethyl adjacent to an activating group) is 1. The average Bonchev–Trinajstić information content (AvgIpc) is 2.99. The van der Waals surface area contributed by atoms with Gasteiger partial charge < -0.3 is 25.4 Å². The highest BCUT2D eigenvalue weighted by atomic mass is 16.6. The van der Waals surface area contributed by atoms with E-state index in [9.17, 15) is 14.9 Å². The summed E-state index contributed by atoms with van der Waals surface area (Å²) in [4.78, 5) is 31.4. The van der Waals surface area contributed by atoms with Crippen molar-refractivity contribution >= 4 is 28.9 Å². The molecular formula is C16H21N7O3. The van der Waals surface area contributed by atoms with Gasteiger partial charge in [-0.2, -0.15) is 0 Å². The van der Waals surface area contributed by atoms with Gasteiger partial charge in [-0.15, -0.1) is 0 Å². The minimum absolute atomic E-state index is 0.144. The summed E-state index contributed by atoms with van der Waals surface area (Å²) in [6.45, 7) is 3.63. The van der Waals surface area contributed by atoms with E-state index < -0.39 is 10.8 Å². The Morgan fingerprint density at radius 2 is 1.96 bits per heavy atom. The van der Waals surface area contributed by atoms with Gasteiger partial charge in [0.2, 0.25) is 0 Å². The molecule has 10 nitrogen and oxygen atoms in total. The molecular weight excluding hydrogens is 338 g/mol. The number of pyridine rings is 1. The van der Waals surface area contributed by atoms with Crippen LogP contribution < -0.4 is 16.0 Å². The number of piperazine rings is 1. The van der Waals surface area contributed by atoms with Crippen molar-refractivity contribution in [3.8, 4) is 0 Å². The fourth-order valence-electron chi connectivity index (χ4n) is 2.84. The summed E-state index contributed by atoms with van der Waals surface area (Å²) in [6, 6.07) is 4.73. The molecule has 26 heavy (non-hydrogen) atoms. The number of nitro groups is 1. The van der Waals surface area contributed by atoms with E-state index in [0.29, 0.717) is 5.69 Å². The maximum absolute atomic E-state index is 12.4. The highest BCUT2D eigenvalue weighted by Crippen LogP contribution is 2.23. The highest BCUT2D eigenvalue weighted by molar-refractivity contribution is 6.05. The SMILES string of the molecule is CN1CCN(c2ccc(NC(=O)c3cc([N+](=O)[O-])cn3C)c(N)n2)CC1. The molecule has 0 aromatic carbocycles. The third kappa shape index (κ3) is 3.59. The molecule has 3 heterocycles. The number of nitrogens with two attached hydrogens (primary N) is 1. The van der Waals surface area contributed by atoms with Crippen molar-refractivity contribution in [2.24, 2.45) is 7.05 Å². The number of nitrogens with zero attached hydrogens (tertiary/aromatic N) is 5. The summed E-state index contributed by atoms with van der Waals surface area (Å²) in [6.07, 6.45) is 1.28. The minimum atomic E-state index is -0.544. The number of carbonyl (C=O) groups is 1. The molecule has 0 spiro atoms. The number of nitrogen functional groups attached to an aromatic ring is 1. The molecule has 0 saturated carbocycles. The predicted octanol–water partition coefficient (Wildman–Crippen LogP) is 0.915. The van der Waals surface area contributed by atoms with Crippen LogP contribution in [0.5, 0.6) is 0 Å². The van der Waals surface area contributed by atoms with Gasteiger partial charge in [-0.3, -0.25) is 14.9 Å². The van der Waals surface area contributed by atoms with Gasteiger partial charge in [-0.05, 0) is 19.2 Å². The van der Waals surface area contributed by atoms with E-state index in [4.69, 9.17) is 5.73 Å². The van der Waals surface area contributed by atoms with Gasteiger partial charge in [0, 0.05) is 39.3 Å². The first-order valence-corrected chi connectivity index (χ1v) is 8.17. The smallest absolute Gasteiger partial charge is 0.287 e. The number of anilines is 3. The average molecular weight is 359 g/mol. The zero-order chi connectivity index (χ0) is 18.8. The van der Waals surface area contributed by atoms with Gasteiger partial charge >= 0.3 is 0 Å². The van der Waals surface area contributed by atoms with E-state index in [1.807, 2.05) is 6.07 Å². The number of hydrogen-bond donors (Lipinski definition) is 2. The van der Waals surface area contributed by atoms with Gasteiger partial charge in [0.1, 0.15) is 17.3 Å². The summed E-state index contributed by atoms with van der Waals surface area (Å²) in [5.74, 6) is 0.489. The zero-order valence-electron chi connectivity index (χ0n) is 14.7. The van der Waals surface area contributed by atoms with Crippen molar-refractivity contribution in [1.29, 1.82) is 0 Å². The Bertz CT molecular complexity index is 840. The van der Waals surface area contributed by atoms with Crippen molar-refractivity contribution in [2.75, 3.05) is 49.2 Å². The first kappa shape index (κ1) is 17.7. The first-order valence-electron chi connectivity index (χ1n) is 8.17. The predicted molar refractivity (Wildman–Crippen MR) is 98.4 cm³/mol. The Balaban J connectivity index is 1.74. The third-order valence-electron chi connectivity index (χ3n) is 4.42. The standard InChI is InChI=1S/C16H21N7O3/c1-20-5-7-22(8-6-20)14-4-3-12(15(17)19-14)18-16(24)13-9-11(23(25)26)10-21(13)2/h3-4,9-10H,5-8H2,1-2H3,(H2,17,19)(H,18,24).